The number of benzene rings is 6. The molecule has 0 aliphatic carbocycles. The van der Waals surface area contributed by atoms with Crippen LogP contribution in [0.25, 0.3) is 76.5 Å². The highest BCUT2D eigenvalue weighted by Gasteiger charge is 2.25. The van der Waals surface area contributed by atoms with E-state index in [1.807, 2.05) is 0 Å². The molecule has 0 aliphatic heterocycles. The summed E-state index contributed by atoms with van der Waals surface area (Å²) in [6, 6.07) is 52.5. The lowest BCUT2D eigenvalue weighted by Gasteiger charge is -2.26. The highest BCUT2D eigenvalue weighted by Crippen LogP contribution is 2.46. The smallest absolute Gasteiger partial charge is 0.146 e. The summed E-state index contributed by atoms with van der Waals surface area (Å²) >= 11 is 0. The lowest BCUT2D eigenvalue weighted by molar-refractivity contribution is 1.25. The molecular weight excluding hydrogens is 548 g/mol. The second-order valence-corrected chi connectivity index (χ2v) is 12.0. The van der Waals surface area contributed by atoms with Gasteiger partial charge < -0.3 is 9.30 Å². The molecule has 45 heavy (non-hydrogen) atoms. The van der Waals surface area contributed by atoms with Crippen LogP contribution in [0.3, 0.4) is 0 Å². The summed E-state index contributed by atoms with van der Waals surface area (Å²) < 4.78 is 4.85. The standard InChI is InChI=1S/C41H24N4/c1-3-12-25(13-4-1)43(26-14-5-2-6-15-26)35-23-11-20-30-29-18-9-19-31-33-24-36-37(42-41(33)45(38(29)31)40(30)35)32-21-10-17-28-27-16-7-8-22-34(27)44(36)39(28)32/h1-24H. The van der Waals surface area contributed by atoms with E-state index in [4.69, 9.17) is 4.98 Å². The molecule has 5 heterocycles. The number of aromatic nitrogens is 3. The van der Waals surface area contributed by atoms with E-state index in [0.717, 1.165) is 33.7 Å². The molecule has 0 unspecified atom stereocenters. The van der Waals surface area contributed by atoms with Gasteiger partial charge in [0.15, 0.2) is 0 Å². The zero-order valence-electron chi connectivity index (χ0n) is 24.1. The van der Waals surface area contributed by atoms with Crippen molar-refractivity contribution in [1.82, 2.24) is 13.8 Å². The Bertz CT molecular complexity index is 2880. The van der Waals surface area contributed by atoms with Crippen molar-refractivity contribution in [2.75, 3.05) is 4.90 Å². The monoisotopic (exact) mass is 572 g/mol. The van der Waals surface area contributed by atoms with Gasteiger partial charge in [0.2, 0.25) is 0 Å². The summed E-state index contributed by atoms with van der Waals surface area (Å²) in [6.07, 6.45) is 0. The molecule has 0 N–H and O–H groups in total. The molecule has 11 rings (SSSR count). The molecule has 0 saturated heterocycles. The van der Waals surface area contributed by atoms with Gasteiger partial charge in [0.05, 0.1) is 38.8 Å². The second-order valence-electron chi connectivity index (χ2n) is 12.0. The van der Waals surface area contributed by atoms with E-state index in [9.17, 15) is 0 Å². The van der Waals surface area contributed by atoms with Gasteiger partial charge in [-0.3, -0.25) is 4.40 Å². The average Bonchev–Trinajstić information content (AvgIpc) is 3.82. The summed E-state index contributed by atoms with van der Waals surface area (Å²) in [7, 11) is 0. The number of fused-ring (bicyclic) bond motifs is 12. The largest absolute Gasteiger partial charge is 0.308 e. The molecule has 0 atom stereocenters. The van der Waals surface area contributed by atoms with Gasteiger partial charge in [0.25, 0.3) is 0 Å². The van der Waals surface area contributed by atoms with Crippen LogP contribution in [-0.4, -0.2) is 13.8 Å². The van der Waals surface area contributed by atoms with Gasteiger partial charge in [-0.05, 0) is 42.5 Å². The molecule has 0 fully saturated rings. The van der Waals surface area contributed by atoms with Gasteiger partial charge in [-0.1, -0.05) is 103 Å². The first-order valence-corrected chi connectivity index (χ1v) is 15.4. The topological polar surface area (TPSA) is 25.0 Å². The number of rotatable bonds is 3. The molecule has 5 aromatic heterocycles. The quantitative estimate of drug-likeness (QED) is 0.210. The van der Waals surface area contributed by atoms with Crippen molar-refractivity contribution in [3.8, 4) is 0 Å². The van der Waals surface area contributed by atoms with E-state index in [1.54, 1.807) is 0 Å². The minimum absolute atomic E-state index is 0.996. The van der Waals surface area contributed by atoms with E-state index in [1.165, 1.54) is 59.8 Å². The van der Waals surface area contributed by atoms with Crippen molar-refractivity contribution >= 4 is 93.5 Å². The summed E-state index contributed by atoms with van der Waals surface area (Å²) in [5.74, 6) is 0. The fraction of sp³-hybridized carbons (Fsp3) is 0. The summed E-state index contributed by atoms with van der Waals surface area (Å²) in [5, 5.41) is 8.64. The van der Waals surface area contributed by atoms with Crippen molar-refractivity contribution in [1.29, 1.82) is 0 Å². The number of para-hydroxylation sites is 6. The van der Waals surface area contributed by atoms with E-state index < -0.39 is 0 Å². The maximum atomic E-state index is 5.58. The van der Waals surface area contributed by atoms with Crippen molar-refractivity contribution in [2.45, 2.75) is 0 Å². The van der Waals surface area contributed by atoms with Gasteiger partial charge in [-0.25, -0.2) is 4.98 Å². The van der Waals surface area contributed by atoms with Gasteiger partial charge in [-0.2, -0.15) is 0 Å². The fourth-order valence-corrected chi connectivity index (χ4v) is 7.98. The van der Waals surface area contributed by atoms with Gasteiger partial charge >= 0.3 is 0 Å². The molecule has 11 aromatic rings. The van der Waals surface area contributed by atoms with Crippen LogP contribution in [0.4, 0.5) is 17.1 Å². The van der Waals surface area contributed by atoms with Crippen LogP contribution >= 0.6 is 0 Å². The van der Waals surface area contributed by atoms with Crippen molar-refractivity contribution in [2.24, 2.45) is 0 Å². The molecule has 0 bridgehead atoms. The molecule has 6 aromatic carbocycles. The zero-order valence-corrected chi connectivity index (χ0v) is 24.1. The number of anilines is 3. The Balaban J connectivity index is 1.34. The maximum Gasteiger partial charge on any atom is 0.146 e. The van der Waals surface area contributed by atoms with Crippen LogP contribution in [-0.2, 0) is 0 Å². The Morgan fingerprint density at radius 3 is 1.67 bits per heavy atom. The van der Waals surface area contributed by atoms with Crippen molar-refractivity contribution in [3.63, 3.8) is 0 Å². The molecule has 0 aliphatic rings. The predicted octanol–water partition coefficient (Wildman–Crippen LogP) is 10.9. The molecule has 0 radical (unpaired) electrons. The molecule has 0 spiro atoms. The summed E-state index contributed by atoms with van der Waals surface area (Å²) in [5.41, 5.74) is 11.4. The molecule has 4 nitrogen and oxygen atoms in total. The Hall–Kier alpha value is -6.13. The fourth-order valence-electron chi connectivity index (χ4n) is 7.98. The number of hydrogen-bond acceptors (Lipinski definition) is 2. The highest BCUT2D eigenvalue weighted by atomic mass is 15.2. The lowest BCUT2D eigenvalue weighted by atomic mass is 10.1. The first-order valence-electron chi connectivity index (χ1n) is 15.4. The number of pyridine rings is 1. The van der Waals surface area contributed by atoms with Crippen LogP contribution in [0.1, 0.15) is 0 Å². The maximum absolute atomic E-state index is 5.58. The normalized spacial score (nSPS) is 12.4. The van der Waals surface area contributed by atoms with Crippen LogP contribution in [0.2, 0.25) is 0 Å². The molecule has 0 saturated carbocycles. The highest BCUT2D eigenvalue weighted by molar-refractivity contribution is 6.28. The predicted molar refractivity (Wildman–Crippen MR) is 188 cm³/mol. The lowest BCUT2D eigenvalue weighted by Crippen LogP contribution is -2.10. The van der Waals surface area contributed by atoms with Crippen molar-refractivity contribution < 1.29 is 0 Å². The zero-order chi connectivity index (χ0) is 29.2. The second kappa shape index (κ2) is 8.28. The number of hydrogen-bond donors (Lipinski definition) is 0. The third kappa shape index (κ3) is 2.84. The molecular formula is C41H24N4. The van der Waals surface area contributed by atoms with E-state index in [0.29, 0.717) is 0 Å². The number of nitrogens with zero attached hydrogens (tertiary/aromatic N) is 4. The van der Waals surface area contributed by atoms with Gasteiger partial charge in [-0.15, -0.1) is 0 Å². The minimum Gasteiger partial charge on any atom is -0.308 e. The van der Waals surface area contributed by atoms with Crippen LogP contribution in [0, 0.1) is 0 Å². The first kappa shape index (κ1) is 23.3. The van der Waals surface area contributed by atoms with E-state index in [2.05, 4.69) is 159 Å². The van der Waals surface area contributed by atoms with Gasteiger partial charge in [0, 0.05) is 49.1 Å². The Morgan fingerprint density at radius 2 is 0.933 bits per heavy atom. The SMILES string of the molecule is c1ccc(N(c2ccccc2)c2cccc3c4cccc5c6cc7c(nc6n(c23)c54)c2cccc3c4ccccc4n7c32)cc1. The Kier molecular flexibility index (Phi) is 4.29. The van der Waals surface area contributed by atoms with Crippen LogP contribution in [0.5, 0.6) is 0 Å². The summed E-state index contributed by atoms with van der Waals surface area (Å²) in [6.45, 7) is 0. The molecule has 0 amide bonds. The Morgan fingerprint density at radius 1 is 0.400 bits per heavy atom. The third-order valence-corrected chi connectivity index (χ3v) is 9.73. The van der Waals surface area contributed by atoms with E-state index in [-0.39, 0.29) is 0 Å². The van der Waals surface area contributed by atoms with Crippen molar-refractivity contribution in [3.05, 3.63) is 146 Å². The van der Waals surface area contributed by atoms with E-state index >= 15 is 0 Å². The van der Waals surface area contributed by atoms with Crippen LogP contribution in [0.15, 0.2) is 146 Å². The summed E-state index contributed by atoms with van der Waals surface area (Å²) in [4.78, 5) is 7.95. The third-order valence-electron chi connectivity index (χ3n) is 9.73. The average molecular weight is 573 g/mol. The minimum atomic E-state index is 0.996. The molecule has 4 heteroatoms. The van der Waals surface area contributed by atoms with Crippen LogP contribution < -0.4 is 4.90 Å². The van der Waals surface area contributed by atoms with Gasteiger partial charge in [0.1, 0.15) is 5.65 Å². The first-order chi connectivity index (χ1) is 22.4. The Labute approximate surface area is 257 Å². The molecule has 208 valence electrons.